The van der Waals surface area contributed by atoms with Crippen molar-refractivity contribution in [1.29, 1.82) is 0 Å². The number of hydrogen-bond acceptors (Lipinski definition) is 2. The van der Waals surface area contributed by atoms with Gasteiger partial charge < -0.3 is 10.8 Å². The molecule has 16 heavy (non-hydrogen) atoms. The van der Waals surface area contributed by atoms with E-state index in [1.807, 2.05) is 0 Å². The van der Waals surface area contributed by atoms with Crippen molar-refractivity contribution in [2.45, 2.75) is 12.0 Å². The van der Waals surface area contributed by atoms with Gasteiger partial charge in [-0.2, -0.15) is 8.78 Å². The number of amides is 1. The van der Waals surface area contributed by atoms with Crippen molar-refractivity contribution in [2.24, 2.45) is 5.73 Å². The zero-order chi connectivity index (χ0) is 12.5. The van der Waals surface area contributed by atoms with Gasteiger partial charge in [0.1, 0.15) is 0 Å². The van der Waals surface area contributed by atoms with E-state index in [1.165, 1.54) is 6.07 Å². The van der Waals surface area contributed by atoms with Crippen LogP contribution >= 0.6 is 23.2 Å². The molecule has 0 radical (unpaired) electrons. The van der Waals surface area contributed by atoms with E-state index >= 15 is 0 Å². The van der Waals surface area contributed by atoms with Gasteiger partial charge in [-0.15, -0.1) is 0 Å². The molecule has 0 heterocycles. The Morgan fingerprint density at radius 2 is 1.94 bits per heavy atom. The summed E-state index contributed by atoms with van der Waals surface area (Å²) in [6.07, 6.45) is -2.35. The van der Waals surface area contributed by atoms with Crippen molar-refractivity contribution in [3.05, 3.63) is 33.8 Å². The molecule has 0 aliphatic heterocycles. The summed E-state index contributed by atoms with van der Waals surface area (Å²) in [6.45, 7) is 0. The molecule has 1 amide bonds. The summed E-state index contributed by atoms with van der Waals surface area (Å²) in [5.74, 6) is -5.97. The van der Waals surface area contributed by atoms with Crippen LogP contribution < -0.4 is 5.73 Å². The number of rotatable bonds is 3. The van der Waals surface area contributed by atoms with Gasteiger partial charge in [0.25, 0.3) is 5.91 Å². The Bertz CT molecular complexity index is 426. The summed E-state index contributed by atoms with van der Waals surface area (Å²) in [5, 5.41) is 9.43. The lowest BCUT2D eigenvalue weighted by molar-refractivity contribution is -0.160. The minimum absolute atomic E-state index is 0.00140. The number of primary amides is 1. The van der Waals surface area contributed by atoms with Crippen LogP contribution in [-0.2, 0) is 4.79 Å². The molecule has 1 unspecified atom stereocenters. The molecule has 3 N–H and O–H groups in total. The van der Waals surface area contributed by atoms with E-state index < -0.39 is 17.9 Å². The lowest BCUT2D eigenvalue weighted by Gasteiger charge is -2.19. The molecule has 0 saturated carbocycles. The minimum Gasteiger partial charge on any atom is -0.381 e. The first-order valence-electron chi connectivity index (χ1n) is 4.07. The van der Waals surface area contributed by atoms with Gasteiger partial charge in [0.2, 0.25) is 0 Å². The molecular weight excluding hydrogens is 263 g/mol. The van der Waals surface area contributed by atoms with E-state index in [1.54, 1.807) is 0 Å². The highest BCUT2D eigenvalue weighted by molar-refractivity contribution is 6.42. The molecule has 0 aromatic heterocycles. The fraction of sp³-hybridized carbons (Fsp3) is 0.222. The molecule has 7 heteroatoms. The molecule has 0 saturated heterocycles. The van der Waals surface area contributed by atoms with Crippen molar-refractivity contribution in [2.75, 3.05) is 0 Å². The number of alkyl halides is 2. The molecule has 1 aromatic carbocycles. The van der Waals surface area contributed by atoms with Crippen LogP contribution in [0.25, 0.3) is 0 Å². The second-order valence-electron chi connectivity index (χ2n) is 3.06. The van der Waals surface area contributed by atoms with Gasteiger partial charge in [-0.05, 0) is 17.7 Å². The first-order valence-corrected chi connectivity index (χ1v) is 4.83. The lowest BCUT2D eigenvalue weighted by atomic mass is 10.0. The third kappa shape index (κ3) is 2.42. The Labute approximate surface area is 99.8 Å². The van der Waals surface area contributed by atoms with E-state index in [2.05, 4.69) is 5.73 Å². The van der Waals surface area contributed by atoms with Crippen LogP contribution in [0.4, 0.5) is 8.78 Å². The Morgan fingerprint density at radius 1 is 1.38 bits per heavy atom. The fourth-order valence-corrected chi connectivity index (χ4v) is 1.33. The highest BCUT2D eigenvalue weighted by Gasteiger charge is 2.45. The van der Waals surface area contributed by atoms with Crippen molar-refractivity contribution in [3.8, 4) is 0 Å². The SMILES string of the molecule is NC(=O)C(F)(F)C(O)c1ccc(Cl)c(Cl)c1. The second-order valence-corrected chi connectivity index (χ2v) is 3.88. The molecule has 1 atom stereocenters. The number of nitrogens with two attached hydrogens (primary N) is 1. The van der Waals surface area contributed by atoms with Gasteiger partial charge in [0.15, 0.2) is 6.10 Å². The average Bonchev–Trinajstić information content (AvgIpc) is 2.20. The first-order chi connectivity index (χ1) is 7.26. The number of carbonyl (C=O) groups is 1. The molecular formula is C9H7Cl2F2NO2. The first kappa shape index (κ1) is 13.2. The van der Waals surface area contributed by atoms with Gasteiger partial charge in [-0.3, -0.25) is 4.79 Å². The molecule has 88 valence electrons. The predicted octanol–water partition coefficient (Wildman–Crippen LogP) is 2.15. The highest BCUT2D eigenvalue weighted by atomic mass is 35.5. The molecule has 1 aromatic rings. The third-order valence-corrected chi connectivity index (χ3v) is 2.67. The minimum atomic E-state index is -4.06. The average molecular weight is 270 g/mol. The van der Waals surface area contributed by atoms with Crippen LogP contribution in [0.15, 0.2) is 18.2 Å². The third-order valence-electron chi connectivity index (χ3n) is 1.93. The number of halogens is 4. The van der Waals surface area contributed by atoms with Crippen molar-refractivity contribution in [3.63, 3.8) is 0 Å². The molecule has 0 spiro atoms. The molecule has 3 nitrogen and oxygen atoms in total. The van der Waals surface area contributed by atoms with Gasteiger partial charge in [-0.1, -0.05) is 29.3 Å². The van der Waals surface area contributed by atoms with E-state index in [0.717, 1.165) is 12.1 Å². The van der Waals surface area contributed by atoms with Crippen LogP contribution in [0.3, 0.4) is 0 Å². The molecule has 0 fully saturated rings. The highest BCUT2D eigenvalue weighted by Crippen LogP contribution is 2.33. The monoisotopic (exact) mass is 269 g/mol. The number of carbonyl (C=O) groups excluding carboxylic acids is 1. The quantitative estimate of drug-likeness (QED) is 0.883. The number of benzene rings is 1. The van der Waals surface area contributed by atoms with E-state index in [4.69, 9.17) is 23.2 Å². The molecule has 0 aliphatic carbocycles. The maximum absolute atomic E-state index is 13.1. The maximum atomic E-state index is 13.1. The maximum Gasteiger partial charge on any atom is 0.353 e. The summed E-state index contributed by atoms with van der Waals surface area (Å²) in [4.78, 5) is 10.4. The molecule has 0 aliphatic rings. The Morgan fingerprint density at radius 3 is 2.38 bits per heavy atom. The summed E-state index contributed by atoms with van der Waals surface area (Å²) in [7, 11) is 0. The van der Waals surface area contributed by atoms with Crippen LogP contribution in [0.1, 0.15) is 11.7 Å². The number of aliphatic hydroxyl groups is 1. The largest absolute Gasteiger partial charge is 0.381 e. The van der Waals surface area contributed by atoms with E-state index in [0.29, 0.717) is 0 Å². The Kier molecular flexibility index (Phi) is 3.72. The lowest BCUT2D eigenvalue weighted by Crippen LogP contribution is -2.41. The van der Waals surface area contributed by atoms with Gasteiger partial charge in [0, 0.05) is 0 Å². The van der Waals surface area contributed by atoms with E-state index in [9.17, 15) is 18.7 Å². The van der Waals surface area contributed by atoms with E-state index in [-0.39, 0.29) is 15.6 Å². The van der Waals surface area contributed by atoms with Gasteiger partial charge >= 0.3 is 5.92 Å². The smallest absolute Gasteiger partial charge is 0.353 e. The van der Waals surface area contributed by atoms with Crippen molar-refractivity contribution < 1.29 is 18.7 Å². The summed E-state index contributed by atoms with van der Waals surface area (Å²) < 4.78 is 26.1. The second kappa shape index (κ2) is 4.53. The topological polar surface area (TPSA) is 63.3 Å². The zero-order valence-corrected chi connectivity index (χ0v) is 9.27. The molecule has 1 rings (SSSR count). The fourth-order valence-electron chi connectivity index (χ4n) is 1.03. The van der Waals surface area contributed by atoms with Crippen LogP contribution in [0.2, 0.25) is 10.0 Å². The van der Waals surface area contributed by atoms with Gasteiger partial charge in [0.05, 0.1) is 10.0 Å². The van der Waals surface area contributed by atoms with Crippen LogP contribution in [0.5, 0.6) is 0 Å². The number of aliphatic hydroxyl groups excluding tert-OH is 1. The van der Waals surface area contributed by atoms with Crippen LogP contribution in [-0.4, -0.2) is 16.9 Å². The normalized spacial score (nSPS) is 13.6. The Balaban J connectivity index is 3.10. The summed E-state index contributed by atoms with van der Waals surface area (Å²) in [6, 6.07) is 3.42. The van der Waals surface area contributed by atoms with Crippen molar-refractivity contribution >= 4 is 29.1 Å². The molecule has 0 bridgehead atoms. The van der Waals surface area contributed by atoms with Crippen molar-refractivity contribution in [1.82, 2.24) is 0 Å². The predicted molar refractivity (Wildman–Crippen MR) is 55.6 cm³/mol. The number of hydrogen-bond donors (Lipinski definition) is 2. The van der Waals surface area contributed by atoms with Gasteiger partial charge in [-0.25, -0.2) is 0 Å². The zero-order valence-electron chi connectivity index (χ0n) is 7.75. The summed E-state index contributed by atoms with van der Waals surface area (Å²) in [5.41, 5.74) is 4.23. The Hall–Kier alpha value is -0.910. The summed E-state index contributed by atoms with van der Waals surface area (Å²) >= 11 is 11.2. The standard InChI is InChI=1S/C9H7Cl2F2NO2/c10-5-2-1-4(3-6(5)11)7(15)9(12,13)8(14)16/h1-3,7,15H,(H2,14,16). The van der Waals surface area contributed by atoms with Crippen LogP contribution in [0, 0.1) is 0 Å².